The summed E-state index contributed by atoms with van der Waals surface area (Å²) >= 11 is 1.51. The highest BCUT2D eigenvalue weighted by Gasteiger charge is 2.61. The van der Waals surface area contributed by atoms with Gasteiger partial charge in [0.05, 0.1) is 12.6 Å². The van der Waals surface area contributed by atoms with E-state index in [0.29, 0.717) is 34.7 Å². The average molecular weight is 721 g/mol. The topological polar surface area (TPSA) is 147 Å². The van der Waals surface area contributed by atoms with Crippen LogP contribution in [0.15, 0.2) is 93.3 Å². The maximum atomic E-state index is 14.2. The number of nitrogens with zero attached hydrogens (tertiary/aromatic N) is 2. The molecular weight excluding hydrogens is 689 g/mol. The van der Waals surface area contributed by atoms with E-state index in [1.54, 1.807) is 6.20 Å². The molecule has 4 N–H and O–H groups in total. The van der Waals surface area contributed by atoms with Gasteiger partial charge < -0.3 is 34.5 Å². The summed E-state index contributed by atoms with van der Waals surface area (Å²) in [4.78, 5) is 41.9. The van der Waals surface area contributed by atoms with Crippen LogP contribution in [0.3, 0.4) is 0 Å². The highest BCUT2D eigenvalue weighted by molar-refractivity contribution is 7.10. The van der Waals surface area contributed by atoms with Gasteiger partial charge >= 0.3 is 0 Å². The molecule has 8 heterocycles. The van der Waals surface area contributed by atoms with Crippen molar-refractivity contribution >= 4 is 39.7 Å². The summed E-state index contributed by atoms with van der Waals surface area (Å²) in [5.74, 6) is 1.70. The summed E-state index contributed by atoms with van der Waals surface area (Å²) in [6, 6.07) is 20.9. The molecule has 262 valence electrons. The number of nitrogens with one attached hydrogen (secondary N) is 4. The Morgan fingerprint density at radius 3 is 2.77 bits per heavy atom. The number of benzene rings is 3. The largest absolute Gasteiger partial charge is 0.469 e. The van der Waals surface area contributed by atoms with Gasteiger partial charge in [0.1, 0.15) is 23.2 Å². The van der Waals surface area contributed by atoms with Crippen LogP contribution >= 0.6 is 11.3 Å². The number of fused-ring (bicyclic) bond motifs is 7. The molecule has 11 rings (SSSR count). The SMILES string of the molecule is CC(C)[C@@H]1NC(=O)[C@@H](NC(=O)Cc2cccs2)Cc2ccc3c(c2)C24c5cccc(c5NC2O3)-c2cccc3[nH]cc(c23)-c2cnc(o2)-c2nc1oc24. The fourth-order valence-electron chi connectivity index (χ4n) is 8.67. The Hall–Kier alpha value is -6.14. The van der Waals surface area contributed by atoms with Crippen LogP contribution in [0.25, 0.3) is 44.9 Å². The van der Waals surface area contributed by atoms with E-state index in [0.717, 1.165) is 54.8 Å². The van der Waals surface area contributed by atoms with Crippen LogP contribution in [0.1, 0.15) is 53.1 Å². The number of hydrogen-bond acceptors (Lipinski definition) is 9. The summed E-state index contributed by atoms with van der Waals surface area (Å²) in [6.07, 6.45) is 3.51. The highest BCUT2D eigenvalue weighted by atomic mass is 32.1. The number of rotatable bonds is 4. The lowest BCUT2D eigenvalue weighted by atomic mass is 9.72. The first-order valence-corrected chi connectivity index (χ1v) is 18.6. The van der Waals surface area contributed by atoms with Crippen molar-refractivity contribution in [1.29, 1.82) is 0 Å². The minimum Gasteiger partial charge on any atom is -0.469 e. The molecule has 3 aromatic carbocycles. The van der Waals surface area contributed by atoms with E-state index >= 15 is 0 Å². The second-order valence-corrected chi connectivity index (χ2v) is 15.5. The van der Waals surface area contributed by atoms with Crippen molar-refractivity contribution in [1.82, 2.24) is 25.6 Å². The van der Waals surface area contributed by atoms with Crippen LogP contribution in [0.5, 0.6) is 5.75 Å². The number of ether oxygens (including phenoxy) is 1. The third-order valence-corrected chi connectivity index (χ3v) is 12.0. The quantitative estimate of drug-likeness (QED) is 0.151. The molecule has 53 heavy (non-hydrogen) atoms. The van der Waals surface area contributed by atoms with Gasteiger partial charge in [-0.2, -0.15) is 0 Å². The Kier molecular flexibility index (Phi) is 6.29. The highest BCUT2D eigenvalue weighted by Crippen LogP contribution is 2.61. The number of amides is 2. The third-order valence-electron chi connectivity index (χ3n) is 11.1. The van der Waals surface area contributed by atoms with Crippen LogP contribution in [-0.2, 0) is 27.8 Å². The lowest BCUT2D eigenvalue weighted by Gasteiger charge is -2.28. The predicted molar refractivity (Wildman–Crippen MR) is 198 cm³/mol. The molecule has 4 atom stereocenters. The number of carbonyl (C=O) groups is 2. The van der Waals surface area contributed by atoms with E-state index in [1.807, 2.05) is 55.8 Å². The molecular formula is C41H32N6O5S. The summed E-state index contributed by atoms with van der Waals surface area (Å²) in [6.45, 7) is 4.01. The molecule has 0 saturated heterocycles. The number of anilines is 1. The molecule has 4 aliphatic rings. The zero-order valence-corrected chi connectivity index (χ0v) is 29.5. The maximum absolute atomic E-state index is 14.2. The number of H-pyrrole nitrogens is 1. The van der Waals surface area contributed by atoms with Gasteiger partial charge in [-0.3, -0.25) is 9.59 Å². The Morgan fingerprint density at radius 1 is 1.02 bits per heavy atom. The van der Waals surface area contributed by atoms with E-state index < -0.39 is 23.7 Å². The van der Waals surface area contributed by atoms with Gasteiger partial charge in [0, 0.05) is 56.3 Å². The summed E-state index contributed by atoms with van der Waals surface area (Å²) in [5.41, 5.74) is 6.91. The monoisotopic (exact) mass is 720 g/mol. The Morgan fingerprint density at radius 2 is 1.91 bits per heavy atom. The molecule has 4 aromatic heterocycles. The van der Waals surface area contributed by atoms with Crippen LogP contribution in [-0.4, -0.2) is 39.0 Å². The molecule has 4 aliphatic heterocycles. The van der Waals surface area contributed by atoms with Crippen LogP contribution in [0.4, 0.5) is 5.69 Å². The molecule has 7 aromatic rings. The predicted octanol–water partition coefficient (Wildman–Crippen LogP) is 7.10. The molecule has 2 amide bonds. The van der Waals surface area contributed by atoms with E-state index in [-0.39, 0.29) is 30.6 Å². The van der Waals surface area contributed by atoms with Crippen molar-refractivity contribution in [2.45, 2.75) is 50.4 Å². The van der Waals surface area contributed by atoms with Crippen LogP contribution < -0.4 is 20.7 Å². The zero-order chi connectivity index (χ0) is 35.6. The molecule has 10 bridgehead atoms. The van der Waals surface area contributed by atoms with Gasteiger partial charge in [0.25, 0.3) is 0 Å². The van der Waals surface area contributed by atoms with Crippen molar-refractivity contribution < 1.29 is 23.2 Å². The Balaban J connectivity index is 1.18. The van der Waals surface area contributed by atoms with Crippen molar-refractivity contribution in [2.75, 3.05) is 5.32 Å². The van der Waals surface area contributed by atoms with Crippen molar-refractivity contribution in [3.63, 3.8) is 0 Å². The van der Waals surface area contributed by atoms with Crippen molar-refractivity contribution in [2.24, 2.45) is 5.92 Å². The first-order chi connectivity index (χ1) is 25.9. The lowest BCUT2D eigenvalue weighted by molar-refractivity contribution is -0.129. The number of carbonyl (C=O) groups excluding carboxylic acids is 2. The molecule has 0 aliphatic carbocycles. The lowest BCUT2D eigenvalue weighted by Crippen LogP contribution is -2.50. The molecule has 1 spiro atoms. The van der Waals surface area contributed by atoms with Crippen LogP contribution in [0.2, 0.25) is 0 Å². The summed E-state index contributed by atoms with van der Waals surface area (Å²) < 4.78 is 20.5. The first-order valence-electron chi connectivity index (χ1n) is 17.8. The maximum Gasteiger partial charge on any atom is 0.249 e. The standard InChI is InChI=1S/C41H32N6O5S/c1-19(2)33-39-46-35-36(52-39)41-25-9-3-8-23(22-7-4-10-27-32(22)24(17-42-27)30-18-43-38(35)50-30)34(25)47-40(41)51-29-12-11-20(14-26(29)41)15-28(37(49)45-33)44-31(48)16-21-6-5-13-53-21/h3-14,17-19,28,33,40,42,47H,15-16H2,1-2H3,(H,44,48)(H,45,49)/t28-,33-,40?,41?/m0/s1. The van der Waals surface area contributed by atoms with E-state index in [4.69, 9.17) is 23.5 Å². The molecule has 11 nitrogen and oxygen atoms in total. The molecule has 0 fully saturated rings. The number of oxazole rings is 2. The fraction of sp³-hybridized carbons (Fsp3) is 0.220. The van der Waals surface area contributed by atoms with Crippen molar-refractivity contribution in [3.05, 3.63) is 118 Å². The van der Waals surface area contributed by atoms with E-state index in [2.05, 4.69) is 57.3 Å². The van der Waals surface area contributed by atoms with Gasteiger partial charge in [-0.15, -0.1) is 11.3 Å². The number of aromatic nitrogens is 3. The zero-order valence-electron chi connectivity index (χ0n) is 28.7. The first kappa shape index (κ1) is 30.5. The molecule has 12 heteroatoms. The second-order valence-electron chi connectivity index (χ2n) is 14.5. The number of hydrogen-bond donors (Lipinski definition) is 4. The summed E-state index contributed by atoms with van der Waals surface area (Å²) in [5, 5.41) is 13.0. The number of aromatic amines is 1. The van der Waals surface area contributed by atoms with E-state index in [9.17, 15) is 9.59 Å². The Labute approximate surface area is 306 Å². The number of para-hydroxylation sites is 1. The minimum atomic E-state index is -1.03. The third kappa shape index (κ3) is 4.26. The van der Waals surface area contributed by atoms with Crippen molar-refractivity contribution in [3.8, 4) is 39.8 Å². The van der Waals surface area contributed by atoms with Gasteiger partial charge in [-0.1, -0.05) is 62.4 Å². The smallest absolute Gasteiger partial charge is 0.249 e. The van der Waals surface area contributed by atoms with Gasteiger partial charge in [-0.05, 0) is 40.6 Å². The normalized spacial score (nSPS) is 21.6. The second kappa shape index (κ2) is 10.9. The average Bonchev–Trinajstić information content (AvgIpc) is 3.99. The number of thiophene rings is 1. The van der Waals surface area contributed by atoms with Gasteiger partial charge in [0.2, 0.25) is 23.6 Å². The minimum absolute atomic E-state index is 0.129. The summed E-state index contributed by atoms with van der Waals surface area (Å²) in [7, 11) is 0. The molecule has 0 saturated carbocycles. The molecule has 0 radical (unpaired) electrons. The fourth-order valence-corrected chi connectivity index (χ4v) is 9.38. The van der Waals surface area contributed by atoms with E-state index in [1.165, 1.54) is 11.3 Å². The van der Waals surface area contributed by atoms with Gasteiger partial charge in [0.15, 0.2) is 23.4 Å². The van der Waals surface area contributed by atoms with Crippen LogP contribution in [0, 0.1) is 5.92 Å². The Bertz CT molecular complexity index is 2650. The molecule has 2 unspecified atom stereocenters. The van der Waals surface area contributed by atoms with Gasteiger partial charge in [-0.25, -0.2) is 9.97 Å².